The van der Waals surface area contributed by atoms with Crippen LogP contribution in [-0.4, -0.2) is 11.6 Å². The lowest BCUT2D eigenvalue weighted by atomic mass is 9.97. The Morgan fingerprint density at radius 3 is 1.59 bits per heavy atom. The first-order valence-corrected chi connectivity index (χ1v) is 18.3. The number of benzene rings is 8. The Morgan fingerprint density at radius 2 is 0.963 bits per heavy atom. The van der Waals surface area contributed by atoms with E-state index in [9.17, 15) is 0 Å². The van der Waals surface area contributed by atoms with E-state index in [1.165, 1.54) is 43.2 Å². The van der Waals surface area contributed by atoms with E-state index >= 15 is 4.48 Å². The van der Waals surface area contributed by atoms with Gasteiger partial charge in [-0.2, -0.15) is 0 Å². The summed E-state index contributed by atoms with van der Waals surface area (Å²) >= 11 is 0. The molecule has 0 saturated carbocycles. The van der Waals surface area contributed by atoms with E-state index in [0.29, 0.717) is 23.1 Å². The van der Waals surface area contributed by atoms with Gasteiger partial charge >= 0.3 is 0 Å². The van der Waals surface area contributed by atoms with Crippen LogP contribution in [0.5, 0.6) is 0 Å². The molecule has 0 N–H and O–H groups in total. The molecule has 0 fully saturated rings. The molecule has 8 aromatic rings. The molecule has 0 aliphatic carbocycles. The molecule has 0 aromatic heterocycles. The molecule has 0 spiro atoms. The fraction of sp³-hybridized carbons (Fsp3) is 0.0600. The number of hydrogen-bond acceptors (Lipinski definition) is 3. The zero-order chi connectivity index (χ0) is 37.0. The molecule has 0 aliphatic heterocycles. The van der Waals surface area contributed by atoms with Gasteiger partial charge in [0.05, 0.1) is 11.4 Å². The summed E-state index contributed by atoms with van der Waals surface area (Å²) in [6.45, 7) is 3.76. The molecule has 8 rings (SSSR count). The van der Waals surface area contributed by atoms with Crippen LogP contribution in [0.3, 0.4) is 0 Å². The first kappa shape index (κ1) is 35.6. The van der Waals surface area contributed by atoms with Crippen molar-refractivity contribution in [3.05, 3.63) is 229 Å². The van der Waals surface area contributed by atoms with Crippen LogP contribution in [0.15, 0.2) is 212 Å². The molecule has 0 bridgehead atoms. The average Bonchev–Trinajstić information content (AvgIpc) is 3.23. The summed E-state index contributed by atoms with van der Waals surface area (Å²) in [6.07, 6.45) is 5.89. The molecule has 0 radical (unpaired) electrons. The predicted molar refractivity (Wildman–Crippen MR) is 227 cm³/mol. The van der Waals surface area contributed by atoms with E-state index in [0.717, 1.165) is 29.5 Å². The Bertz CT molecular complexity index is 2430. The number of hydrazone groups is 1. The number of para-hydroxylation sites is 1. The topological polar surface area (TPSA) is 18.8 Å². The van der Waals surface area contributed by atoms with Crippen molar-refractivity contribution in [1.29, 1.82) is 0 Å². The number of fused-ring (bicyclic) bond motifs is 2. The van der Waals surface area contributed by atoms with Crippen molar-refractivity contribution in [3.8, 4) is 11.1 Å². The Hall–Kier alpha value is -6.78. The predicted octanol–water partition coefficient (Wildman–Crippen LogP) is 13.1. The van der Waals surface area contributed by atoms with E-state index in [2.05, 4.69) is 121 Å². The van der Waals surface area contributed by atoms with Gasteiger partial charge < -0.3 is 0 Å². The summed E-state index contributed by atoms with van der Waals surface area (Å²) in [7, 11) is 0. The second kappa shape index (κ2) is 17.6. The molecule has 4 heteroatoms. The fourth-order valence-electron chi connectivity index (χ4n) is 6.69. The third kappa shape index (κ3) is 8.80. The first-order valence-electron chi connectivity index (χ1n) is 18.3. The standard InChI is InChI=1S/C37H30FN3.C13H12/c38-41(39-27-26-29-10-3-1-4-11-29)40(35-15-5-2-6-16-35)36-24-22-32(23-25-36)31-20-18-30(19-21-31)28-34-14-9-13-33-12-7-8-17-37(33)34;1-2-6-11-8-5-9-12-7-3-4-10-13(11)12/h1-25,27H,26,28H2;2-5,7-10H,1,6H2/b39-27+;. The molecule has 8 aromatic carbocycles. The van der Waals surface area contributed by atoms with Gasteiger partial charge in [-0.1, -0.05) is 180 Å². The lowest BCUT2D eigenvalue weighted by molar-refractivity contribution is 0.0294. The maximum atomic E-state index is 15.4. The number of hydrazine groups is 1. The zero-order valence-corrected chi connectivity index (χ0v) is 30.2. The lowest BCUT2D eigenvalue weighted by Crippen LogP contribution is -2.28. The highest BCUT2D eigenvalue weighted by molar-refractivity contribution is 5.86. The van der Waals surface area contributed by atoms with E-state index in [-0.39, 0.29) is 0 Å². The van der Waals surface area contributed by atoms with E-state index in [1.807, 2.05) is 91.0 Å². The molecule has 0 atom stereocenters. The van der Waals surface area contributed by atoms with Gasteiger partial charge in [-0.05, 0) is 97.4 Å². The van der Waals surface area contributed by atoms with Crippen LogP contribution in [0, 0.1) is 0 Å². The van der Waals surface area contributed by atoms with Crippen molar-refractivity contribution < 1.29 is 4.48 Å². The Labute approximate surface area is 317 Å². The van der Waals surface area contributed by atoms with Gasteiger partial charge in [0.25, 0.3) is 0 Å². The van der Waals surface area contributed by atoms with E-state index in [1.54, 1.807) is 6.21 Å². The van der Waals surface area contributed by atoms with Gasteiger partial charge in [0, 0.05) is 12.6 Å². The van der Waals surface area contributed by atoms with Gasteiger partial charge in [-0.15, -0.1) is 11.7 Å². The molecule has 0 saturated heterocycles. The summed E-state index contributed by atoms with van der Waals surface area (Å²) in [5.41, 5.74) is 8.54. The van der Waals surface area contributed by atoms with Crippen LogP contribution in [0.4, 0.5) is 15.9 Å². The number of halogens is 1. The second-order valence-corrected chi connectivity index (χ2v) is 13.1. The van der Waals surface area contributed by atoms with Gasteiger partial charge in [0.2, 0.25) is 0 Å². The van der Waals surface area contributed by atoms with Crippen molar-refractivity contribution in [2.45, 2.75) is 19.3 Å². The third-order valence-electron chi connectivity index (χ3n) is 9.43. The molecule has 264 valence electrons. The summed E-state index contributed by atoms with van der Waals surface area (Å²) in [6, 6.07) is 65.7. The largest absolute Gasteiger partial charge is 0.209 e. The number of anilines is 2. The summed E-state index contributed by atoms with van der Waals surface area (Å²) in [4.78, 5) is 0. The minimum absolute atomic E-state index is 0.398. The van der Waals surface area contributed by atoms with Crippen LogP contribution in [0.1, 0.15) is 22.3 Å². The van der Waals surface area contributed by atoms with Gasteiger partial charge in [0.1, 0.15) is 0 Å². The van der Waals surface area contributed by atoms with Crippen LogP contribution in [-0.2, 0) is 19.3 Å². The number of allylic oxidation sites excluding steroid dienone is 1. The SMILES string of the molecule is C=CCc1cccc2ccccc12.FN(/N=C/Cc1ccccc1)N(c1ccccc1)c1ccc(-c2ccc(Cc3cccc4ccccc34)cc2)cc1. The smallest absolute Gasteiger partial charge is 0.0676 e. The Morgan fingerprint density at radius 1 is 0.463 bits per heavy atom. The molecule has 0 unspecified atom stereocenters. The van der Waals surface area contributed by atoms with Crippen molar-refractivity contribution in [3.63, 3.8) is 0 Å². The first-order chi connectivity index (χ1) is 26.7. The lowest BCUT2D eigenvalue weighted by Gasteiger charge is -2.27. The molecule has 54 heavy (non-hydrogen) atoms. The van der Waals surface area contributed by atoms with E-state index in [4.69, 9.17) is 0 Å². The zero-order valence-electron chi connectivity index (χ0n) is 30.2. The second-order valence-electron chi connectivity index (χ2n) is 13.1. The van der Waals surface area contributed by atoms with Gasteiger partial charge in [-0.3, -0.25) is 0 Å². The third-order valence-corrected chi connectivity index (χ3v) is 9.43. The Kier molecular flexibility index (Phi) is 11.6. The molecular formula is C50H42FN3. The monoisotopic (exact) mass is 703 g/mol. The average molecular weight is 704 g/mol. The summed E-state index contributed by atoms with van der Waals surface area (Å²) in [5, 5.41) is 11.1. The fourth-order valence-corrected chi connectivity index (χ4v) is 6.69. The molecule has 0 aliphatic rings. The highest BCUT2D eigenvalue weighted by Gasteiger charge is 2.17. The minimum Gasteiger partial charge on any atom is -0.209 e. The van der Waals surface area contributed by atoms with Crippen molar-refractivity contribution in [2.75, 3.05) is 5.01 Å². The van der Waals surface area contributed by atoms with Crippen molar-refractivity contribution in [1.82, 2.24) is 5.34 Å². The van der Waals surface area contributed by atoms with Crippen LogP contribution < -0.4 is 5.01 Å². The quantitative estimate of drug-likeness (QED) is 0.0578. The number of rotatable bonds is 11. The molecular weight excluding hydrogens is 662 g/mol. The Balaban J connectivity index is 0.000000291. The maximum absolute atomic E-state index is 15.4. The van der Waals surface area contributed by atoms with Gasteiger partial charge in [0.15, 0.2) is 0 Å². The van der Waals surface area contributed by atoms with Crippen LogP contribution >= 0.6 is 0 Å². The van der Waals surface area contributed by atoms with Crippen molar-refractivity contribution in [2.24, 2.45) is 5.10 Å². The number of hydrogen-bond donors (Lipinski definition) is 0. The summed E-state index contributed by atoms with van der Waals surface area (Å²) in [5.74, 6) is 0. The highest BCUT2D eigenvalue weighted by atomic mass is 19.2. The maximum Gasteiger partial charge on any atom is 0.0676 e. The van der Waals surface area contributed by atoms with E-state index < -0.39 is 0 Å². The van der Waals surface area contributed by atoms with Gasteiger partial charge in [-0.25, -0.2) is 5.01 Å². The van der Waals surface area contributed by atoms with Crippen LogP contribution in [0.2, 0.25) is 0 Å². The highest BCUT2D eigenvalue weighted by Crippen LogP contribution is 2.31. The molecule has 0 amide bonds. The normalized spacial score (nSPS) is 10.9. The summed E-state index contributed by atoms with van der Waals surface area (Å²) < 4.78 is 15.4. The minimum atomic E-state index is 0.398. The molecule has 0 heterocycles. The number of nitrogens with zero attached hydrogens (tertiary/aromatic N) is 3. The van der Waals surface area contributed by atoms with Crippen molar-refractivity contribution >= 4 is 39.1 Å². The van der Waals surface area contributed by atoms with Crippen LogP contribution in [0.25, 0.3) is 32.7 Å². The molecule has 3 nitrogen and oxygen atoms in total.